The Bertz CT molecular complexity index is 1120. The van der Waals surface area contributed by atoms with Crippen molar-refractivity contribution >= 4 is 22.4 Å². The number of halogens is 1. The quantitative estimate of drug-likeness (QED) is 0.608. The van der Waals surface area contributed by atoms with Crippen molar-refractivity contribution in [3.8, 4) is 11.4 Å². The zero-order valence-corrected chi connectivity index (χ0v) is 14.7. The predicted molar refractivity (Wildman–Crippen MR) is 98.7 cm³/mol. The fourth-order valence-electron chi connectivity index (χ4n) is 2.86. The summed E-state index contributed by atoms with van der Waals surface area (Å²) in [6.07, 6.45) is 5.16. The molecule has 0 saturated carbocycles. The van der Waals surface area contributed by atoms with Gasteiger partial charge in [-0.1, -0.05) is 0 Å². The van der Waals surface area contributed by atoms with Crippen molar-refractivity contribution in [3.63, 3.8) is 0 Å². The Morgan fingerprint density at radius 3 is 2.73 bits per heavy atom. The second-order valence-corrected chi connectivity index (χ2v) is 6.15. The molecule has 6 nitrogen and oxygen atoms in total. The third-order valence-corrected chi connectivity index (χ3v) is 4.23. The van der Waals surface area contributed by atoms with E-state index in [4.69, 9.17) is 0 Å². The first-order valence-corrected chi connectivity index (χ1v) is 8.17. The van der Waals surface area contributed by atoms with Gasteiger partial charge in [-0.25, -0.2) is 9.37 Å². The van der Waals surface area contributed by atoms with Gasteiger partial charge in [0.05, 0.1) is 17.6 Å². The highest BCUT2D eigenvalue weighted by atomic mass is 19.1. The maximum absolute atomic E-state index is 14.2. The summed E-state index contributed by atoms with van der Waals surface area (Å²) in [6.45, 7) is 3.77. The van der Waals surface area contributed by atoms with Gasteiger partial charge in [0.1, 0.15) is 16.7 Å². The summed E-state index contributed by atoms with van der Waals surface area (Å²) in [6, 6.07) is 6.74. The van der Waals surface area contributed by atoms with Gasteiger partial charge in [0, 0.05) is 30.8 Å². The molecule has 1 N–H and O–H groups in total. The number of aryl methyl sites for hydroxylation is 3. The van der Waals surface area contributed by atoms with Crippen LogP contribution in [0.3, 0.4) is 0 Å². The van der Waals surface area contributed by atoms with E-state index in [9.17, 15) is 4.39 Å². The van der Waals surface area contributed by atoms with Gasteiger partial charge in [-0.15, -0.1) is 0 Å². The molecule has 0 spiro atoms. The van der Waals surface area contributed by atoms with Crippen molar-refractivity contribution in [1.82, 2.24) is 24.7 Å². The molecular weight excluding hydrogens is 331 g/mol. The van der Waals surface area contributed by atoms with Gasteiger partial charge < -0.3 is 5.32 Å². The number of fused-ring (bicyclic) bond motifs is 1. The van der Waals surface area contributed by atoms with E-state index in [1.54, 1.807) is 29.3 Å². The summed E-state index contributed by atoms with van der Waals surface area (Å²) in [5.41, 5.74) is 5.79. The van der Waals surface area contributed by atoms with Crippen LogP contribution in [0.25, 0.3) is 22.4 Å². The van der Waals surface area contributed by atoms with E-state index in [0.717, 1.165) is 33.7 Å². The highest BCUT2D eigenvalue weighted by molar-refractivity contribution is 5.90. The number of aromatic nitrogens is 5. The van der Waals surface area contributed by atoms with Gasteiger partial charge in [0.25, 0.3) is 0 Å². The van der Waals surface area contributed by atoms with Crippen LogP contribution in [0.15, 0.2) is 42.9 Å². The van der Waals surface area contributed by atoms with E-state index < -0.39 is 5.82 Å². The third kappa shape index (κ3) is 2.77. The zero-order valence-electron chi connectivity index (χ0n) is 14.7. The summed E-state index contributed by atoms with van der Waals surface area (Å²) < 4.78 is 16.0. The van der Waals surface area contributed by atoms with E-state index in [-0.39, 0.29) is 5.69 Å². The molecule has 0 aliphatic rings. The number of nitrogens with zero attached hydrogens (tertiary/aromatic N) is 5. The maximum Gasteiger partial charge on any atom is 0.151 e. The smallest absolute Gasteiger partial charge is 0.151 e. The van der Waals surface area contributed by atoms with Crippen LogP contribution >= 0.6 is 0 Å². The van der Waals surface area contributed by atoms with E-state index in [0.29, 0.717) is 5.69 Å². The van der Waals surface area contributed by atoms with Crippen LogP contribution in [0.1, 0.15) is 11.3 Å². The standard InChI is InChI=1S/C19H17FN6/c1-11-9-22-16(18-13(20)5-4-12(2)24-18)8-15(11)25-14-6-7-21-17-10-23-26(3)19(14)17/h4-10H,1-3H3,(H,21,22,25). The Labute approximate surface area is 149 Å². The molecule has 0 saturated heterocycles. The lowest BCUT2D eigenvalue weighted by Crippen LogP contribution is -2.00. The van der Waals surface area contributed by atoms with Gasteiger partial charge >= 0.3 is 0 Å². The fourth-order valence-corrected chi connectivity index (χ4v) is 2.86. The van der Waals surface area contributed by atoms with Crippen molar-refractivity contribution in [1.29, 1.82) is 0 Å². The first kappa shape index (κ1) is 16.1. The highest BCUT2D eigenvalue weighted by Gasteiger charge is 2.13. The Morgan fingerprint density at radius 2 is 1.88 bits per heavy atom. The van der Waals surface area contributed by atoms with E-state index in [1.165, 1.54) is 6.07 Å². The Kier molecular flexibility index (Phi) is 3.84. The van der Waals surface area contributed by atoms with Crippen LogP contribution in [-0.4, -0.2) is 24.7 Å². The summed E-state index contributed by atoms with van der Waals surface area (Å²) in [5.74, 6) is -0.393. The van der Waals surface area contributed by atoms with Crippen LogP contribution in [0.2, 0.25) is 0 Å². The summed E-state index contributed by atoms with van der Waals surface area (Å²) in [5, 5.41) is 7.64. The lowest BCUT2D eigenvalue weighted by atomic mass is 10.1. The summed E-state index contributed by atoms with van der Waals surface area (Å²) in [7, 11) is 1.87. The first-order chi connectivity index (χ1) is 12.5. The van der Waals surface area contributed by atoms with E-state index in [1.807, 2.05) is 33.0 Å². The maximum atomic E-state index is 14.2. The van der Waals surface area contributed by atoms with E-state index >= 15 is 0 Å². The summed E-state index contributed by atoms with van der Waals surface area (Å²) in [4.78, 5) is 13.0. The molecule has 4 aromatic heterocycles. The molecule has 0 bridgehead atoms. The molecule has 0 unspecified atom stereocenters. The minimum Gasteiger partial charge on any atom is -0.353 e. The first-order valence-electron chi connectivity index (χ1n) is 8.17. The SMILES string of the molecule is Cc1ccc(F)c(-c2cc(Nc3ccnc4cnn(C)c34)c(C)cn2)n1. The number of rotatable bonds is 3. The van der Waals surface area contributed by atoms with Crippen LogP contribution < -0.4 is 5.32 Å². The average Bonchev–Trinajstić information content (AvgIpc) is 3.01. The van der Waals surface area contributed by atoms with E-state index in [2.05, 4.69) is 25.4 Å². The molecule has 0 atom stereocenters. The Morgan fingerprint density at radius 1 is 1.04 bits per heavy atom. The van der Waals surface area contributed by atoms with Crippen molar-refractivity contribution in [2.75, 3.05) is 5.32 Å². The molecule has 4 heterocycles. The number of pyridine rings is 3. The second kappa shape index (κ2) is 6.18. The minimum atomic E-state index is -0.393. The lowest BCUT2D eigenvalue weighted by Gasteiger charge is -2.13. The molecule has 4 aromatic rings. The Balaban J connectivity index is 1.80. The van der Waals surface area contributed by atoms with Gasteiger partial charge in [0.15, 0.2) is 5.82 Å². The molecule has 0 amide bonds. The molecule has 26 heavy (non-hydrogen) atoms. The molecule has 0 aromatic carbocycles. The molecule has 7 heteroatoms. The number of hydrogen-bond donors (Lipinski definition) is 1. The average molecular weight is 348 g/mol. The zero-order chi connectivity index (χ0) is 18.3. The van der Waals surface area contributed by atoms with Gasteiger partial charge in [-0.3, -0.25) is 14.6 Å². The van der Waals surface area contributed by atoms with Gasteiger partial charge in [-0.05, 0) is 43.7 Å². The van der Waals surface area contributed by atoms with Gasteiger partial charge in [0.2, 0.25) is 0 Å². The second-order valence-electron chi connectivity index (χ2n) is 6.15. The highest BCUT2D eigenvalue weighted by Crippen LogP contribution is 2.29. The van der Waals surface area contributed by atoms with Crippen molar-refractivity contribution in [3.05, 3.63) is 59.9 Å². The number of hydrogen-bond acceptors (Lipinski definition) is 5. The van der Waals surface area contributed by atoms with Crippen LogP contribution in [0.5, 0.6) is 0 Å². The van der Waals surface area contributed by atoms with Crippen molar-refractivity contribution < 1.29 is 4.39 Å². The topological polar surface area (TPSA) is 68.5 Å². The molecule has 4 rings (SSSR count). The van der Waals surface area contributed by atoms with Crippen molar-refractivity contribution in [2.24, 2.45) is 7.05 Å². The molecule has 0 aliphatic heterocycles. The number of nitrogens with one attached hydrogen (secondary N) is 1. The monoisotopic (exact) mass is 348 g/mol. The van der Waals surface area contributed by atoms with Crippen LogP contribution in [-0.2, 0) is 7.05 Å². The Hall–Kier alpha value is -3.35. The minimum absolute atomic E-state index is 0.244. The molecule has 0 fully saturated rings. The van der Waals surface area contributed by atoms with Crippen LogP contribution in [0.4, 0.5) is 15.8 Å². The van der Waals surface area contributed by atoms with Crippen molar-refractivity contribution in [2.45, 2.75) is 13.8 Å². The predicted octanol–water partition coefficient (Wildman–Crippen LogP) is 3.92. The molecule has 130 valence electrons. The summed E-state index contributed by atoms with van der Waals surface area (Å²) >= 11 is 0. The molecule has 0 aliphatic carbocycles. The van der Waals surface area contributed by atoms with Gasteiger partial charge in [-0.2, -0.15) is 5.10 Å². The third-order valence-electron chi connectivity index (χ3n) is 4.23. The fraction of sp³-hybridized carbons (Fsp3) is 0.158. The number of anilines is 2. The normalized spacial score (nSPS) is 11.1. The van der Waals surface area contributed by atoms with Crippen LogP contribution in [0, 0.1) is 19.7 Å². The largest absolute Gasteiger partial charge is 0.353 e. The molecule has 0 radical (unpaired) electrons. The lowest BCUT2D eigenvalue weighted by molar-refractivity contribution is 0.624. The molecular formula is C19H17FN6.